The van der Waals surface area contributed by atoms with Crippen molar-refractivity contribution in [1.29, 1.82) is 0 Å². The lowest BCUT2D eigenvalue weighted by molar-refractivity contribution is -0.113. The quantitative estimate of drug-likeness (QED) is 0.278. The Balaban J connectivity index is 1.57. The topological polar surface area (TPSA) is 81.9 Å². The van der Waals surface area contributed by atoms with E-state index in [1.807, 2.05) is 66.1 Å². The maximum atomic E-state index is 12.9. The summed E-state index contributed by atoms with van der Waals surface area (Å²) in [7, 11) is 0. The molecule has 35 heavy (non-hydrogen) atoms. The number of anilines is 1. The first-order valence-electron chi connectivity index (χ1n) is 11.7. The number of ether oxygens (including phenoxy) is 1. The van der Waals surface area contributed by atoms with Gasteiger partial charge in [0.1, 0.15) is 5.75 Å². The molecule has 0 radical (unpaired) electrons. The van der Waals surface area contributed by atoms with Crippen molar-refractivity contribution < 1.29 is 9.53 Å². The molecule has 1 N–H and O–H groups in total. The molecule has 4 rings (SSSR count). The van der Waals surface area contributed by atoms with Crippen LogP contribution in [0.25, 0.3) is 17.1 Å². The van der Waals surface area contributed by atoms with Crippen molar-refractivity contribution in [2.45, 2.75) is 38.3 Å². The summed E-state index contributed by atoms with van der Waals surface area (Å²) >= 11 is 1.34. The lowest BCUT2D eigenvalue weighted by Crippen LogP contribution is -2.16. The Labute approximate surface area is 210 Å². The Hall–Kier alpha value is -3.65. The highest BCUT2D eigenvalue weighted by Gasteiger charge is 2.18. The molecule has 2 aromatic carbocycles. The molecular weight excluding hydrogens is 458 g/mol. The Kier molecular flexibility index (Phi) is 8.15. The summed E-state index contributed by atoms with van der Waals surface area (Å²) in [4.78, 5) is 17.1. The van der Waals surface area contributed by atoms with Gasteiger partial charge in [-0.3, -0.25) is 14.3 Å². The number of carbonyl (C=O) groups excluding carboxylic acids is 1. The number of nitrogens with one attached hydrogen (secondary N) is 1. The lowest BCUT2D eigenvalue weighted by Gasteiger charge is -2.15. The van der Waals surface area contributed by atoms with Crippen LogP contribution in [-0.4, -0.2) is 38.0 Å². The molecule has 1 atom stereocenters. The lowest BCUT2D eigenvalue weighted by atomic mass is 9.97. The highest BCUT2D eigenvalue weighted by molar-refractivity contribution is 7.99. The molecule has 2 heterocycles. The van der Waals surface area contributed by atoms with Crippen LogP contribution in [0.3, 0.4) is 0 Å². The SMILES string of the molecule is CCOc1ccc(-n2c(SCC(=O)Nc3ccccc3[C@H](C)CC)nnc2-c2cccnc2)cc1. The number of thioether (sulfide) groups is 1. The van der Waals surface area contributed by atoms with Crippen molar-refractivity contribution >= 4 is 23.4 Å². The van der Waals surface area contributed by atoms with E-state index < -0.39 is 0 Å². The summed E-state index contributed by atoms with van der Waals surface area (Å²) in [6, 6.07) is 19.5. The van der Waals surface area contributed by atoms with E-state index in [0.29, 0.717) is 23.5 Å². The van der Waals surface area contributed by atoms with Crippen molar-refractivity contribution in [2.24, 2.45) is 0 Å². The third-order valence-electron chi connectivity index (χ3n) is 5.67. The van der Waals surface area contributed by atoms with Crippen LogP contribution in [0.4, 0.5) is 5.69 Å². The van der Waals surface area contributed by atoms with Crippen LogP contribution >= 0.6 is 11.8 Å². The van der Waals surface area contributed by atoms with Crippen LogP contribution in [0.5, 0.6) is 5.75 Å². The minimum absolute atomic E-state index is 0.0880. The average Bonchev–Trinajstić information content (AvgIpc) is 3.32. The number of pyridine rings is 1. The first-order chi connectivity index (χ1) is 17.1. The van der Waals surface area contributed by atoms with E-state index in [4.69, 9.17) is 4.74 Å². The zero-order valence-corrected chi connectivity index (χ0v) is 21.0. The molecule has 4 aromatic rings. The van der Waals surface area contributed by atoms with Crippen LogP contribution in [0.1, 0.15) is 38.7 Å². The predicted octanol–water partition coefficient (Wildman–Crippen LogP) is 5.97. The normalized spacial score (nSPS) is 11.7. The summed E-state index contributed by atoms with van der Waals surface area (Å²) in [6.45, 7) is 6.87. The van der Waals surface area contributed by atoms with Crippen LogP contribution in [0.15, 0.2) is 78.2 Å². The molecule has 7 nitrogen and oxygen atoms in total. The molecule has 0 aliphatic heterocycles. The van der Waals surface area contributed by atoms with Gasteiger partial charge in [-0.2, -0.15) is 0 Å². The second-order valence-electron chi connectivity index (χ2n) is 8.04. The molecule has 0 aliphatic carbocycles. The molecule has 0 bridgehead atoms. The van der Waals surface area contributed by atoms with Gasteiger partial charge in [-0.25, -0.2) is 0 Å². The summed E-state index contributed by atoms with van der Waals surface area (Å²) in [5, 5.41) is 12.5. The molecule has 1 amide bonds. The van der Waals surface area contributed by atoms with Crippen molar-refractivity contribution in [3.05, 3.63) is 78.6 Å². The van der Waals surface area contributed by atoms with Crippen LogP contribution in [-0.2, 0) is 4.79 Å². The Bertz CT molecular complexity index is 1260. The molecule has 8 heteroatoms. The van der Waals surface area contributed by atoms with E-state index in [1.165, 1.54) is 11.8 Å². The fourth-order valence-electron chi connectivity index (χ4n) is 3.71. The van der Waals surface area contributed by atoms with Gasteiger partial charge >= 0.3 is 0 Å². The van der Waals surface area contributed by atoms with Gasteiger partial charge in [-0.05, 0) is 67.3 Å². The number of hydrogen-bond donors (Lipinski definition) is 1. The number of amides is 1. The highest BCUT2D eigenvalue weighted by Crippen LogP contribution is 2.30. The van der Waals surface area contributed by atoms with Gasteiger partial charge in [0.25, 0.3) is 0 Å². The zero-order valence-electron chi connectivity index (χ0n) is 20.1. The number of hydrogen-bond acceptors (Lipinski definition) is 6. The maximum absolute atomic E-state index is 12.9. The molecular formula is C27H29N5O2S. The zero-order chi connectivity index (χ0) is 24.6. The van der Waals surface area contributed by atoms with Gasteiger partial charge in [0.15, 0.2) is 11.0 Å². The monoisotopic (exact) mass is 487 g/mol. The minimum atomic E-state index is -0.0880. The van der Waals surface area contributed by atoms with Gasteiger partial charge in [0.2, 0.25) is 5.91 Å². The van der Waals surface area contributed by atoms with E-state index in [-0.39, 0.29) is 11.7 Å². The molecule has 0 aliphatic rings. The fourth-order valence-corrected chi connectivity index (χ4v) is 4.47. The second-order valence-corrected chi connectivity index (χ2v) is 8.99. The summed E-state index contributed by atoms with van der Waals surface area (Å²) in [5.41, 5.74) is 3.72. The Morgan fingerprint density at radius 3 is 2.57 bits per heavy atom. The number of aromatic nitrogens is 4. The van der Waals surface area contributed by atoms with Crippen LogP contribution < -0.4 is 10.1 Å². The fraction of sp³-hybridized carbons (Fsp3) is 0.259. The Morgan fingerprint density at radius 2 is 1.86 bits per heavy atom. The standard InChI is InChI=1S/C27H29N5O2S/c1-4-19(3)23-10-6-7-11-24(23)29-25(33)18-35-27-31-30-26(20-9-8-16-28-17-20)32(27)21-12-14-22(15-13-21)34-5-2/h6-17,19H,4-5,18H2,1-3H3,(H,29,33)/t19-/m1/s1. The molecule has 2 aromatic heterocycles. The van der Waals surface area contributed by atoms with Crippen LogP contribution in [0, 0.1) is 0 Å². The van der Waals surface area contributed by atoms with Gasteiger partial charge in [-0.15, -0.1) is 10.2 Å². The van der Waals surface area contributed by atoms with E-state index >= 15 is 0 Å². The summed E-state index contributed by atoms with van der Waals surface area (Å²) in [6.07, 6.45) is 4.48. The van der Waals surface area contributed by atoms with Crippen molar-refractivity contribution in [3.63, 3.8) is 0 Å². The van der Waals surface area contributed by atoms with Gasteiger partial charge in [-0.1, -0.05) is 43.8 Å². The molecule has 180 valence electrons. The third-order valence-corrected chi connectivity index (χ3v) is 6.60. The molecule has 0 fully saturated rings. The molecule has 0 unspecified atom stereocenters. The molecule has 0 saturated carbocycles. The van der Waals surface area contributed by atoms with Crippen molar-refractivity contribution in [2.75, 3.05) is 17.7 Å². The smallest absolute Gasteiger partial charge is 0.234 e. The largest absolute Gasteiger partial charge is 0.494 e. The van der Waals surface area contributed by atoms with Crippen molar-refractivity contribution in [1.82, 2.24) is 19.7 Å². The predicted molar refractivity (Wildman–Crippen MR) is 140 cm³/mol. The summed E-state index contributed by atoms with van der Waals surface area (Å²) in [5.74, 6) is 1.93. The van der Waals surface area contributed by atoms with E-state index in [0.717, 1.165) is 34.7 Å². The number of carbonyl (C=O) groups is 1. The highest BCUT2D eigenvalue weighted by atomic mass is 32.2. The average molecular weight is 488 g/mol. The second kappa shape index (κ2) is 11.7. The summed E-state index contributed by atoms with van der Waals surface area (Å²) < 4.78 is 7.53. The number of rotatable bonds is 10. The maximum Gasteiger partial charge on any atom is 0.234 e. The molecule has 0 spiro atoms. The van der Waals surface area contributed by atoms with Crippen LogP contribution in [0.2, 0.25) is 0 Å². The number of nitrogens with zero attached hydrogens (tertiary/aromatic N) is 4. The van der Waals surface area contributed by atoms with Gasteiger partial charge in [0.05, 0.1) is 12.4 Å². The van der Waals surface area contributed by atoms with E-state index in [9.17, 15) is 4.79 Å². The number of para-hydroxylation sites is 1. The van der Waals surface area contributed by atoms with Crippen molar-refractivity contribution in [3.8, 4) is 22.8 Å². The number of benzene rings is 2. The van der Waals surface area contributed by atoms with Gasteiger partial charge in [0, 0.05) is 29.3 Å². The Morgan fingerprint density at radius 1 is 1.06 bits per heavy atom. The minimum Gasteiger partial charge on any atom is -0.494 e. The van der Waals surface area contributed by atoms with E-state index in [1.54, 1.807) is 12.4 Å². The first-order valence-corrected chi connectivity index (χ1v) is 12.7. The third kappa shape index (κ3) is 5.89. The van der Waals surface area contributed by atoms with Gasteiger partial charge < -0.3 is 10.1 Å². The first kappa shape index (κ1) is 24.5. The van der Waals surface area contributed by atoms with E-state index in [2.05, 4.69) is 40.4 Å². The molecule has 0 saturated heterocycles.